The Morgan fingerprint density at radius 3 is 2.58 bits per heavy atom. The van der Waals surface area contributed by atoms with Crippen LogP contribution in [0.4, 0.5) is 5.82 Å². The van der Waals surface area contributed by atoms with Gasteiger partial charge in [-0.05, 0) is 55.0 Å². The van der Waals surface area contributed by atoms with Crippen LogP contribution in [0.2, 0.25) is 0 Å². The number of aryl methyl sites for hydroxylation is 2. The van der Waals surface area contributed by atoms with E-state index in [4.69, 9.17) is 15.5 Å². The Labute approximate surface area is 234 Å². The topological polar surface area (TPSA) is 64.3 Å². The van der Waals surface area contributed by atoms with E-state index in [0.29, 0.717) is 5.75 Å². The standard InChI is InChI=1S/C30H26N4OS3/c1-20-16-25-28(37-20)27(14-15-32-25)38-24-17-26(35-23-10-6-3-7-11-23)29(33-18-24)34-22(19-36-30(34)31)13-12-21-8-4-2-5-9-21/h2-11,14-19,30H,12-13,31H2,1H3. The normalized spacial score (nSPS) is 15.2. The highest BCUT2D eigenvalue weighted by atomic mass is 32.2. The summed E-state index contributed by atoms with van der Waals surface area (Å²) in [6.07, 6.45) is 5.57. The van der Waals surface area contributed by atoms with Crippen LogP contribution in [0.5, 0.6) is 11.5 Å². The molecule has 1 atom stereocenters. The number of allylic oxidation sites excluding steroid dienone is 1. The van der Waals surface area contributed by atoms with Crippen molar-refractivity contribution in [3.63, 3.8) is 0 Å². The van der Waals surface area contributed by atoms with Crippen LogP contribution in [-0.4, -0.2) is 15.5 Å². The number of thiophene rings is 1. The van der Waals surface area contributed by atoms with Crippen LogP contribution in [0, 0.1) is 6.92 Å². The molecule has 3 aromatic heterocycles. The number of benzene rings is 2. The SMILES string of the molecule is Cc1cc2nccc(Sc3cnc(N4C(CCc5ccccc5)=CSC4N)c(Oc4ccccc4)c3)c2s1. The first-order valence-electron chi connectivity index (χ1n) is 12.3. The summed E-state index contributed by atoms with van der Waals surface area (Å²) in [5.74, 6) is 2.16. The molecule has 0 bridgehead atoms. The highest BCUT2D eigenvalue weighted by molar-refractivity contribution is 8.03. The maximum atomic E-state index is 6.59. The Morgan fingerprint density at radius 2 is 1.76 bits per heavy atom. The fourth-order valence-electron chi connectivity index (χ4n) is 4.37. The zero-order valence-corrected chi connectivity index (χ0v) is 23.2. The van der Waals surface area contributed by atoms with Crippen LogP contribution in [-0.2, 0) is 6.42 Å². The lowest BCUT2D eigenvalue weighted by molar-refractivity contribution is 0.477. The highest BCUT2D eigenvalue weighted by Gasteiger charge is 2.29. The molecule has 0 saturated heterocycles. The van der Waals surface area contributed by atoms with Gasteiger partial charge in [-0.25, -0.2) is 4.98 Å². The monoisotopic (exact) mass is 554 g/mol. The second-order valence-corrected chi connectivity index (χ2v) is 12.2. The van der Waals surface area contributed by atoms with E-state index in [-0.39, 0.29) is 5.50 Å². The summed E-state index contributed by atoms with van der Waals surface area (Å²) in [5.41, 5.74) is 9.79. The average molecular weight is 555 g/mol. The minimum Gasteiger partial charge on any atom is -0.453 e. The van der Waals surface area contributed by atoms with Crippen molar-refractivity contribution in [1.29, 1.82) is 0 Å². The first-order valence-corrected chi connectivity index (χ1v) is 14.9. The third-order valence-corrected chi connectivity index (χ3v) is 9.27. The van der Waals surface area contributed by atoms with Gasteiger partial charge in [-0.15, -0.1) is 11.3 Å². The molecule has 38 heavy (non-hydrogen) atoms. The number of aromatic nitrogens is 2. The number of rotatable bonds is 8. The zero-order chi connectivity index (χ0) is 25.9. The van der Waals surface area contributed by atoms with Gasteiger partial charge in [0.05, 0.1) is 10.2 Å². The van der Waals surface area contributed by atoms with Crippen molar-refractivity contribution in [1.82, 2.24) is 9.97 Å². The number of pyridine rings is 2. The molecule has 1 unspecified atom stereocenters. The number of thioether (sulfide) groups is 1. The summed E-state index contributed by atoms with van der Waals surface area (Å²) < 4.78 is 7.62. The molecule has 0 radical (unpaired) electrons. The lowest BCUT2D eigenvalue weighted by atomic mass is 10.1. The third kappa shape index (κ3) is 5.44. The van der Waals surface area contributed by atoms with Crippen molar-refractivity contribution in [2.24, 2.45) is 5.73 Å². The molecule has 0 amide bonds. The van der Waals surface area contributed by atoms with E-state index in [1.807, 2.05) is 48.8 Å². The fourth-order valence-corrected chi connectivity index (χ4v) is 7.23. The molecule has 5 aromatic rings. The molecule has 4 heterocycles. The van der Waals surface area contributed by atoms with Crippen LogP contribution in [0.25, 0.3) is 10.2 Å². The van der Waals surface area contributed by atoms with Gasteiger partial charge in [0.2, 0.25) is 0 Å². The van der Waals surface area contributed by atoms with Gasteiger partial charge >= 0.3 is 0 Å². The van der Waals surface area contributed by atoms with Gasteiger partial charge in [-0.2, -0.15) is 0 Å². The predicted molar refractivity (Wildman–Crippen MR) is 160 cm³/mol. The molecule has 1 aliphatic rings. The highest BCUT2D eigenvalue weighted by Crippen LogP contribution is 2.43. The van der Waals surface area contributed by atoms with Gasteiger partial charge in [0.25, 0.3) is 0 Å². The van der Waals surface area contributed by atoms with Crippen LogP contribution < -0.4 is 15.4 Å². The Morgan fingerprint density at radius 1 is 0.974 bits per heavy atom. The number of ether oxygens (including phenoxy) is 1. The van der Waals surface area contributed by atoms with E-state index in [1.54, 1.807) is 34.9 Å². The molecule has 8 heteroatoms. The molecule has 2 N–H and O–H groups in total. The van der Waals surface area contributed by atoms with Crippen LogP contribution in [0.15, 0.2) is 112 Å². The summed E-state index contributed by atoms with van der Waals surface area (Å²) in [6, 6.07) is 26.6. The molecule has 1 aliphatic heterocycles. The van der Waals surface area contributed by atoms with Gasteiger partial charge in [0.1, 0.15) is 11.2 Å². The second-order valence-electron chi connectivity index (χ2n) is 8.88. The zero-order valence-electron chi connectivity index (χ0n) is 20.8. The van der Waals surface area contributed by atoms with E-state index in [0.717, 1.165) is 45.4 Å². The van der Waals surface area contributed by atoms with Crippen LogP contribution in [0.1, 0.15) is 16.9 Å². The number of hydrogen-bond acceptors (Lipinski definition) is 8. The smallest absolute Gasteiger partial charge is 0.178 e. The first-order chi connectivity index (χ1) is 18.6. The van der Waals surface area contributed by atoms with Crippen LogP contribution >= 0.6 is 34.9 Å². The molecule has 0 aliphatic carbocycles. The quantitative estimate of drug-likeness (QED) is 0.207. The minimum atomic E-state index is -0.265. The molecule has 5 nitrogen and oxygen atoms in total. The summed E-state index contributed by atoms with van der Waals surface area (Å²) in [7, 11) is 0. The molecule has 0 spiro atoms. The Hall–Kier alpha value is -3.30. The third-order valence-electron chi connectivity index (χ3n) is 6.15. The second kappa shape index (κ2) is 11.2. The van der Waals surface area contributed by atoms with E-state index < -0.39 is 0 Å². The van der Waals surface area contributed by atoms with E-state index in [2.05, 4.69) is 64.7 Å². The average Bonchev–Trinajstić information content (AvgIpc) is 3.51. The summed E-state index contributed by atoms with van der Waals surface area (Å²) in [4.78, 5) is 15.0. The van der Waals surface area contributed by atoms with Gasteiger partial charge in [-0.1, -0.05) is 72.1 Å². The number of hydrogen-bond donors (Lipinski definition) is 1. The lowest BCUT2D eigenvalue weighted by Crippen LogP contribution is -2.36. The van der Waals surface area contributed by atoms with Gasteiger partial charge < -0.3 is 15.4 Å². The summed E-state index contributed by atoms with van der Waals surface area (Å²) in [5, 5.41) is 2.15. The molecule has 6 rings (SSSR count). The maximum Gasteiger partial charge on any atom is 0.178 e. The van der Waals surface area contributed by atoms with E-state index in [9.17, 15) is 0 Å². The van der Waals surface area contributed by atoms with E-state index >= 15 is 0 Å². The number of fused-ring (bicyclic) bond motifs is 1. The molecule has 0 saturated carbocycles. The number of nitrogens with zero attached hydrogens (tertiary/aromatic N) is 3. The maximum absolute atomic E-state index is 6.59. The molecule has 2 aromatic carbocycles. The Bertz CT molecular complexity index is 1590. The minimum absolute atomic E-state index is 0.265. The van der Waals surface area contributed by atoms with Gasteiger partial charge in [0.15, 0.2) is 11.6 Å². The van der Waals surface area contributed by atoms with Crippen molar-refractivity contribution in [3.8, 4) is 11.5 Å². The molecule has 190 valence electrons. The van der Waals surface area contributed by atoms with Crippen LogP contribution in [0.3, 0.4) is 0 Å². The fraction of sp³-hybridized carbons (Fsp3) is 0.133. The van der Waals surface area contributed by atoms with Crippen molar-refractivity contribution >= 4 is 50.9 Å². The number of nitrogens with two attached hydrogens (primary N) is 1. The van der Waals surface area contributed by atoms with Gasteiger partial charge in [0, 0.05) is 38.8 Å². The molecular weight excluding hydrogens is 529 g/mol. The Kier molecular flexibility index (Phi) is 7.38. The van der Waals surface area contributed by atoms with Crippen molar-refractivity contribution in [2.75, 3.05) is 4.90 Å². The van der Waals surface area contributed by atoms with Gasteiger partial charge in [-0.3, -0.25) is 4.98 Å². The number of para-hydroxylation sites is 1. The number of anilines is 1. The first kappa shape index (κ1) is 25.0. The van der Waals surface area contributed by atoms with Crippen molar-refractivity contribution < 1.29 is 4.74 Å². The Balaban J connectivity index is 1.33. The summed E-state index contributed by atoms with van der Waals surface area (Å²) in [6.45, 7) is 2.11. The predicted octanol–water partition coefficient (Wildman–Crippen LogP) is 8.21. The summed E-state index contributed by atoms with van der Waals surface area (Å²) >= 11 is 5.04. The lowest BCUT2D eigenvalue weighted by Gasteiger charge is -2.27. The molecule has 0 fully saturated rings. The van der Waals surface area contributed by atoms with Crippen molar-refractivity contribution in [3.05, 3.63) is 113 Å². The van der Waals surface area contributed by atoms with E-state index in [1.165, 1.54) is 15.1 Å². The van der Waals surface area contributed by atoms with Crippen molar-refractivity contribution in [2.45, 2.75) is 35.1 Å². The molecular formula is C30H26N4OS3. The largest absolute Gasteiger partial charge is 0.453 e.